The van der Waals surface area contributed by atoms with Gasteiger partial charge >= 0.3 is 51.4 Å². The van der Waals surface area contributed by atoms with Crippen LogP contribution < -0.4 is 51.4 Å². The van der Waals surface area contributed by atoms with E-state index < -0.39 is 34.9 Å². The predicted molar refractivity (Wildman–Crippen MR) is 48.8 cm³/mol. The van der Waals surface area contributed by atoms with E-state index in [1.54, 1.807) is 0 Å². The minimum atomic E-state index is -4.73. The summed E-state index contributed by atoms with van der Waals surface area (Å²) in [5, 5.41) is 0. The van der Waals surface area contributed by atoms with Crippen LogP contribution in [-0.2, 0) is 10.1 Å². The Labute approximate surface area is 136 Å². The molecule has 16 heavy (non-hydrogen) atoms. The molecule has 0 aromatic rings. The van der Waals surface area contributed by atoms with Crippen molar-refractivity contribution >= 4 is 10.1 Å². The van der Waals surface area contributed by atoms with Crippen molar-refractivity contribution in [2.75, 3.05) is 12.4 Å². The van der Waals surface area contributed by atoms with Crippen molar-refractivity contribution in [3.05, 3.63) is 0 Å². The molecule has 0 rings (SSSR count). The van der Waals surface area contributed by atoms with Gasteiger partial charge in [0.2, 0.25) is 0 Å². The largest absolute Gasteiger partial charge is 1.00 e. The van der Waals surface area contributed by atoms with E-state index in [4.69, 9.17) is 0 Å². The first-order chi connectivity index (χ1) is 6.87. The molecule has 0 N–H and O–H groups in total. The molecule has 0 aliphatic rings. The zero-order chi connectivity index (χ0) is 11.9. The number of alkyl halides is 3. The smallest absolute Gasteiger partial charge is 0.748 e. The molecule has 0 fully saturated rings. The second kappa shape index (κ2) is 10.3. The molecule has 0 heterocycles. The summed E-state index contributed by atoms with van der Waals surface area (Å²) in [5.74, 6) is -1.34. The summed E-state index contributed by atoms with van der Waals surface area (Å²) in [6, 6.07) is 0. The van der Waals surface area contributed by atoms with E-state index in [9.17, 15) is 26.1 Å². The van der Waals surface area contributed by atoms with Crippen molar-refractivity contribution in [1.82, 2.24) is 0 Å². The summed E-state index contributed by atoms with van der Waals surface area (Å²) < 4.78 is 67.6. The van der Waals surface area contributed by atoms with Gasteiger partial charge in [-0.3, -0.25) is 4.39 Å². The molecule has 0 aliphatic heterocycles. The number of hydrogen-bond donors (Lipinski definition) is 0. The van der Waals surface area contributed by atoms with E-state index in [1.807, 2.05) is 0 Å². The normalized spacial score (nSPS) is 15.2. The van der Waals surface area contributed by atoms with Gasteiger partial charge in [-0.25, -0.2) is 17.2 Å². The Morgan fingerprint density at radius 3 is 2.06 bits per heavy atom. The van der Waals surface area contributed by atoms with Crippen molar-refractivity contribution in [3.8, 4) is 0 Å². The molecule has 0 saturated heterocycles. The van der Waals surface area contributed by atoms with Crippen LogP contribution in [0.15, 0.2) is 0 Å². The van der Waals surface area contributed by atoms with E-state index in [1.165, 1.54) is 0 Å². The Hall–Kier alpha value is 1.34. The second-order valence-corrected chi connectivity index (χ2v) is 4.74. The van der Waals surface area contributed by atoms with Crippen LogP contribution in [0.4, 0.5) is 13.2 Å². The van der Waals surface area contributed by atoms with Gasteiger partial charge < -0.3 is 4.55 Å². The Bertz CT molecular complexity index is 261. The van der Waals surface area contributed by atoms with Gasteiger partial charge in [0, 0.05) is 0 Å². The molecule has 2 atom stereocenters. The second-order valence-electron chi connectivity index (χ2n) is 3.29. The van der Waals surface area contributed by atoms with Gasteiger partial charge in [-0.1, -0.05) is 12.8 Å². The van der Waals surface area contributed by atoms with Crippen LogP contribution in [0, 0.1) is 0 Å². The van der Waals surface area contributed by atoms with Crippen LogP contribution in [0.2, 0.25) is 0 Å². The van der Waals surface area contributed by atoms with Crippen LogP contribution in [0.1, 0.15) is 25.7 Å². The first-order valence-electron chi connectivity index (χ1n) is 4.64. The standard InChI is InChI=1S/C8H15F3O3S.K/c9-5-3-1-2-4-7(10)8(11)6-15(12,13)14;/h7-8H,1-6H2,(H,12,13,14);/q;+1/p-1. The summed E-state index contributed by atoms with van der Waals surface area (Å²) in [6.45, 7) is -0.509. The minimum absolute atomic E-state index is 0. The number of unbranched alkanes of at least 4 members (excludes halogenated alkanes) is 2. The third-order valence-electron chi connectivity index (χ3n) is 1.87. The van der Waals surface area contributed by atoms with Crippen molar-refractivity contribution < 1.29 is 77.5 Å². The third-order valence-corrected chi connectivity index (χ3v) is 2.60. The topological polar surface area (TPSA) is 57.2 Å². The van der Waals surface area contributed by atoms with Crippen LogP contribution in [0.25, 0.3) is 0 Å². The predicted octanol–water partition coefficient (Wildman–Crippen LogP) is -1.26. The molecule has 0 aromatic carbocycles. The van der Waals surface area contributed by atoms with E-state index in [2.05, 4.69) is 0 Å². The van der Waals surface area contributed by atoms with Gasteiger partial charge in [0.25, 0.3) is 0 Å². The van der Waals surface area contributed by atoms with Crippen molar-refractivity contribution in [3.63, 3.8) is 0 Å². The monoisotopic (exact) mass is 286 g/mol. The molecular weight excluding hydrogens is 272 g/mol. The molecule has 0 radical (unpaired) electrons. The summed E-state index contributed by atoms with van der Waals surface area (Å²) >= 11 is 0. The number of rotatable bonds is 8. The molecule has 0 spiro atoms. The molecule has 92 valence electrons. The first-order valence-corrected chi connectivity index (χ1v) is 6.22. The maximum Gasteiger partial charge on any atom is 1.00 e. The van der Waals surface area contributed by atoms with E-state index in [-0.39, 0.29) is 70.6 Å². The SMILES string of the molecule is O=S(=O)([O-])CC(F)C(F)CCCCCF.[K+]. The molecule has 0 amide bonds. The fourth-order valence-corrected chi connectivity index (χ4v) is 1.69. The van der Waals surface area contributed by atoms with Crippen molar-refractivity contribution in [2.24, 2.45) is 0 Å². The number of hydrogen-bond acceptors (Lipinski definition) is 3. The van der Waals surface area contributed by atoms with Crippen molar-refractivity contribution in [2.45, 2.75) is 38.0 Å². The Balaban J connectivity index is 0. The molecular formula is C8H14F3KO3S. The van der Waals surface area contributed by atoms with E-state index in [0.29, 0.717) is 6.42 Å². The molecule has 2 unspecified atom stereocenters. The van der Waals surface area contributed by atoms with Gasteiger partial charge in [-0.05, 0) is 12.8 Å². The average molecular weight is 286 g/mol. The van der Waals surface area contributed by atoms with Crippen LogP contribution in [-0.4, -0.2) is 37.7 Å². The molecule has 0 aliphatic carbocycles. The number of halogens is 3. The van der Waals surface area contributed by atoms with Gasteiger partial charge in [-0.15, -0.1) is 0 Å². The van der Waals surface area contributed by atoms with Crippen LogP contribution in [0.5, 0.6) is 0 Å². The summed E-state index contributed by atoms with van der Waals surface area (Å²) in [7, 11) is -4.73. The van der Waals surface area contributed by atoms with Crippen molar-refractivity contribution in [1.29, 1.82) is 0 Å². The Morgan fingerprint density at radius 2 is 1.62 bits per heavy atom. The third kappa shape index (κ3) is 11.8. The molecule has 0 saturated carbocycles. The maximum absolute atomic E-state index is 12.9. The van der Waals surface area contributed by atoms with Gasteiger partial charge in [0.15, 0.2) is 0 Å². The van der Waals surface area contributed by atoms with Gasteiger partial charge in [0.1, 0.15) is 12.3 Å². The van der Waals surface area contributed by atoms with Gasteiger partial charge in [0.05, 0.1) is 22.5 Å². The van der Waals surface area contributed by atoms with E-state index >= 15 is 0 Å². The average Bonchev–Trinajstić information content (AvgIpc) is 2.09. The fourth-order valence-electron chi connectivity index (χ4n) is 1.09. The van der Waals surface area contributed by atoms with Crippen LogP contribution >= 0.6 is 0 Å². The Kier molecular flexibility index (Phi) is 12.6. The van der Waals surface area contributed by atoms with Crippen LogP contribution in [0.3, 0.4) is 0 Å². The first kappa shape index (κ1) is 19.7. The molecule has 0 aromatic heterocycles. The van der Waals surface area contributed by atoms with E-state index in [0.717, 1.165) is 0 Å². The zero-order valence-corrected chi connectivity index (χ0v) is 13.1. The summed E-state index contributed by atoms with van der Waals surface area (Å²) in [5.41, 5.74) is 0. The summed E-state index contributed by atoms with van der Waals surface area (Å²) in [6.07, 6.45) is -3.44. The molecule has 3 nitrogen and oxygen atoms in total. The summed E-state index contributed by atoms with van der Waals surface area (Å²) in [4.78, 5) is 0. The Morgan fingerprint density at radius 1 is 1.06 bits per heavy atom. The van der Waals surface area contributed by atoms with Gasteiger partial charge in [-0.2, -0.15) is 0 Å². The quantitative estimate of drug-likeness (QED) is 0.318. The fraction of sp³-hybridized carbons (Fsp3) is 1.00. The zero-order valence-electron chi connectivity index (χ0n) is 9.16. The molecule has 0 bridgehead atoms. The maximum atomic E-state index is 12.9. The molecule has 8 heteroatoms. The minimum Gasteiger partial charge on any atom is -0.748 e.